The molecule has 0 bridgehead atoms. The highest BCUT2D eigenvalue weighted by Gasteiger charge is 2.57. The first kappa shape index (κ1) is 53.7. The number of carbonyl (C=O) groups excluding carboxylic acids is 6. The fourth-order valence-corrected chi connectivity index (χ4v) is 6.84. The molecule has 2 aromatic carbocycles. The van der Waals surface area contributed by atoms with Gasteiger partial charge in [-0.15, -0.1) is 0 Å². The molecule has 0 unspecified atom stereocenters. The van der Waals surface area contributed by atoms with Gasteiger partial charge in [-0.2, -0.15) is 0 Å². The third kappa shape index (κ3) is 14.5. The average Bonchev–Trinajstić information content (AvgIpc) is 3.16. The maximum Gasteiger partial charge on any atom is 0.311 e. The van der Waals surface area contributed by atoms with E-state index >= 15 is 0 Å². The molecule has 0 aromatic heterocycles. The number of para-hydroxylation sites is 1. The molecule has 3 rings (SSSR count). The van der Waals surface area contributed by atoms with Crippen LogP contribution >= 0.6 is 0 Å². The Morgan fingerprint density at radius 2 is 1.14 bits per heavy atom. The Balaban J connectivity index is 2.33. The molecule has 1 aliphatic heterocycles. The molecule has 0 spiro atoms. The zero-order chi connectivity index (χ0) is 48.8. The van der Waals surface area contributed by atoms with E-state index in [0.717, 1.165) is 4.90 Å². The molecule has 64 heavy (non-hydrogen) atoms. The molecule has 1 fully saturated rings. The summed E-state index contributed by atoms with van der Waals surface area (Å²) in [6, 6.07) is 14.9. The minimum atomic E-state index is -2.22. The Kier molecular flexibility index (Phi) is 17.4. The van der Waals surface area contributed by atoms with Crippen LogP contribution in [0, 0.1) is 21.7 Å². The molecule has 0 radical (unpaired) electrons. The average molecular weight is 911 g/mol. The Bertz CT molecular complexity index is 1950. The number of esters is 4. The monoisotopic (exact) mass is 911 g/mol. The molecule has 1 heterocycles. The second-order valence-electron chi connectivity index (χ2n) is 22.2. The fourth-order valence-electron chi connectivity index (χ4n) is 5.89. The molecule has 1 aliphatic rings. The van der Waals surface area contributed by atoms with Crippen molar-refractivity contribution >= 4 is 50.2 Å². The molecule has 0 aliphatic carbocycles. The third-order valence-electron chi connectivity index (χ3n) is 11.2. The van der Waals surface area contributed by atoms with E-state index in [1.54, 1.807) is 119 Å². The Morgan fingerprint density at radius 3 is 1.62 bits per heavy atom. The number of ether oxygens (including phenoxy) is 5. The largest absolute Gasteiger partial charge is 0.462 e. The lowest BCUT2D eigenvalue weighted by Crippen LogP contribution is -2.68. The summed E-state index contributed by atoms with van der Waals surface area (Å²) in [4.78, 5) is 84.8. The van der Waals surface area contributed by atoms with E-state index in [1.165, 1.54) is 0 Å². The van der Waals surface area contributed by atoms with Crippen molar-refractivity contribution in [1.82, 2.24) is 4.90 Å². The maximum atomic E-state index is 14.9. The number of benzene rings is 2. The Morgan fingerprint density at radius 1 is 0.672 bits per heavy atom. The number of carbonyl (C=O) groups is 6. The molecule has 1 saturated heterocycles. The highest BCUT2D eigenvalue weighted by atomic mass is 28.4. The number of anilines is 1. The Hall–Kier alpha value is -4.60. The van der Waals surface area contributed by atoms with Crippen molar-refractivity contribution in [1.29, 1.82) is 0 Å². The van der Waals surface area contributed by atoms with E-state index in [4.69, 9.17) is 28.1 Å². The number of rotatable bonds is 15. The molecule has 15 heteroatoms. The van der Waals surface area contributed by atoms with Crippen molar-refractivity contribution in [3.05, 3.63) is 65.7 Å². The predicted molar refractivity (Wildman–Crippen MR) is 246 cm³/mol. The molecule has 2 amide bonds. The lowest BCUT2D eigenvalue weighted by molar-refractivity contribution is -0.282. The van der Waals surface area contributed by atoms with Gasteiger partial charge in [0, 0.05) is 12.1 Å². The first-order chi connectivity index (χ1) is 29.2. The molecule has 356 valence electrons. The highest BCUT2D eigenvalue weighted by molar-refractivity contribution is 6.74. The van der Waals surface area contributed by atoms with E-state index in [0.29, 0.717) is 23.2 Å². The van der Waals surface area contributed by atoms with E-state index < -0.39 is 103 Å². The SMILES string of the molecule is CC(C)(C)C(=O)OC[C@H]1O[C@@H](N(C=O)[C@@H](Cc2ccccc2)C(=O)Nc2ccccc2CO[Si](C)(C)C(C)(C)C)[C@H](OC(=O)C(C)(C)C)[C@@H](OC(=O)C(C)(C)C)[C@H]1OC(=O)C(C)(C)C. The van der Waals surface area contributed by atoms with Crippen LogP contribution in [0.5, 0.6) is 0 Å². The van der Waals surface area contributed by atoms with Crippen molar-refractivity contribution in [3.8, 4) is 0 Å². The van der Waals surface area contributed by atoms with Gasteiger partial charge in [0.2, 0.25) is 12.3 Å². The van der Waals surface area contributed by atoms with Gasteiger partial charge in [-0.3, -0.25) is 28.8 Å². The molecule has 1 N–H and O–H groups in total. The quantitative estimate of drug-likeness (QED) is 0.0784. The summed E-state index contributed by atoms with van der Waals surface area (Å²) in [5, 5.41) is 2.96. The summed E-state index contributed by atoms with van der Waals surface area (Å²) in [5.41, 5.74) is -2.47. The standard InChI is InChI=1S/C49H74N2O12Si/c1-45(2,3)41(54)58-29-35-36(61-42(55)46(4,5)6)37(62-43(56)47(7,8)9)38(63-44(57)48(10,11)12)40(60-35)51(30-52)34(27-31-23-19-18-20-24-31)39(53)50-33-26-22-21-25-32(33)28-59-64(16,17)49(13,14)15/h18-26,30,34-38,40H,27-29H2,1-17H3,(H,50,53)/t34-,35+,36-,37-,38+,40+/m0/s1. The van der Waals surface area contributed by atoms with Gasteiger partial charge < -0.3 is 38.3 Å². The molecule has 2 aromatic rings. The topological polar surface area (TPSA) is 173 Å². The van der Waals surface area contributed by atoms with Crippen molar-refractivity contribution < 1.29 is 56.9 Å². The van der Waals surface area contributed by atoms with Crippen LogP contribution in [0.4, 0.5) is 5.69 Å². The van der Waals surface area contributed by atoms with Gasteiger partial charge in [-0.1, -0.05) is 69.3 Å². The summed E-state index contributed by atoms with van der Waals surface area (Å²) < 4.78 is 37.5. The molecular formula is C49H74N2O12Si. The van der Waals surface area contributed by atoms with E-state index in [2.05, 4.69) is 39.2 Å². The highest BCUT2D eigenvalue weighted by Crippen LogP contribution is 2.39. The van der Waals surface area contributed by atoms with E-state index in [9.17, 15) is 28.8 Å². The number of nitrogens with zero attached hydrogens (tertiary/aromatic N) is 1. The van der Waals surface area contributed by atoms with Crippen LogP contribution < -0.4 is 5.32 Å². The zero-order valence-electron chi connectivity index (χ0n) is 41.2. The van der Waals surface area contributed by atoms with Crippen molar-refractivity contribution in [2.24, 2.45) is 21.7 Å². The van der Waals surface area contributed by atoms with Gasteiger partial charge in [-0.25, -0.2) is 0 Å². The summed E-state index contributed by atoms with van der Waals surface area (Å²) >= 11 is 0. The molecule has 0 saturated carbocycles. The van der Waals surface area contributed by atoms with Gasteiger partial charge >= 0.3 is 23.9 Å². The van der Waals surface area contributed by atoms with Crippen LogP contribution in [0.15, 0.2) is 54.6 Å². The molecule has 14 nitrogen and oxygen atoms in total. The van der Waals surface area contributed by atoms with Crippen molar-refractivity contribution in [2.45, 2.75) is 172 Å². The first-order valence-electron chi connectivity index (χ1n) is 21.9. The number of hydrogen-bond acceptors (Lipinski definition) is 12. The summed E-state index contributed by atoms with van der Waals surface area (Å²) in [6.07, 6.45) is -7.61. The second kappa shape index (κ2) is 20.7. The van der Waals surface area contributed by atoms with Crippen LogP contribution in [0.25, 0.3) is 0 Å². The summed E-state index contributed by atoms with van der Waals surface area (Å²) in [6.45, 7) is 29.9. The fraction of sp³-hybridized carbons (Fsp3) is 0.633. The normalized spacial score (nSPS) is 20.3. The van der Waals surface area contributed by atoms with Crippen LogP contribution in [0.1, 0.15) is 115 Å². The lowest BCUT2D eigenvalue weighted by atomic mass is 9.91. The minimum Gasteiger partial charge on any atom is -0.462 e. The smallest absolute Gasteiger partial charge is 0.311 e. The third-order valence-corrected chi connectivity index (χ3v) is 15.7. The van der Waals surface area contributed by atoms with E-state index in [1.807, 2.05) is 18.2 Å². The van der Waals surface area contributed by atoms with Crippen LogP contribution in [0.2, 0.25) is 18.1 Å². The molecular weight excluding hydrogens is 837 g/mol. The van der Waals surface area contributed by atoms with E-state index in [-0.39, 0.29) is 18.1 Å². The van der Waals surface area contributed by atoms with Crippen LogP contribution in [0.3, 0.4) is 0 Å². The number of amides is 2. The predicted octanol–water partition coefficient (Wildman–Crippen LogP) is 8.40. The van der Waals surface area contributed by atoms with Gasteiger partial charge in [0.15, 0.2) is 32.9 Å². The van der Waals surface area contributed by atoms with Gasteiger partial charge in [0.05, 0.1) is 28.3 Å². The summed E-state index contributed by atoms with van der Waals surface area (Å²) in [5.74, 6) is -3.51. The van der Waals surface area contributed by atoms with Crippen LogP contribution in [-0.4, -0.2) is 92.7 Å². The minimum absolute atomic E-state index is 0.0492. The van der Waals surface area contributed by atoms with Crippen molar-refractivity contribution in [3.63, 3.8) is 0 Å². The van der Waals surface area contributed by atoms with Gasteiger partial charge in [0.1, 0.15) is 18.8 Å². The number of hydrogen-bond donors (Lipinski definition) is 1. The Labute approximate surface area is 381 Å². The summed E-state index contributed by atoms with van der Waals surface area (Å²) in [7, 11) is -2.22. The van der Waals surface area contributed by atoms with Gasteiger partial charge in [-0.05, 0) is 118 Å². The van der Waals surface area contributed by atoms with Crippen molar-refractivity contribution in [2.75, 3.05) is 11.9 Å². The zero-order valence-corrected chi connectivity index (χ0v) is 42.2. The maximum absolute atomic E-state index is 14.9. The lowest BCUT2D eigenvalue weighted by Gasteiger charge is -2.49. The molecule has 6 atom stereocenters. The van der Waals surface area contributed by atoms with Crippen LogP contribution in [-0.2, 0) is 69.9 Å². The number of nitrogens with one attached hydrogen (secondary N) is 1. The first-order valence-corrected chi connectivity index (χ1v) is 24.8. The second-order valence-corrected chi connectivity index (χ2v) is 27.0. The van der Waals surface area contributed by atoms with Gasteiger partial charge in [0.25, 0.3) is 0 Å².